The van der Waals surface area contributed by atoms with Crippen molar-refractivity contribution in [3.63, 3.8) is 0 Å². The molecule has 1 unspecified atom stereocenters. The van der Waals surface area contributed by atoms with E-state index in [-0.39, 0.29) is 23.3 Å². The Morgan fingerprint density at radius 1 is 1.15 bits per heavy atom. The van der Waals surface area contributed by atoms with Crippen molar-refractivity contribution >= 4 is 5.91 Å². The molecule has 0 spiro atoms. The first-order chi connectivity index (χ1) is 13.0. The average Bonchev–Trinajstić information content (AvgIpc) is 3.22. The molecule has 2 aliphatic heterocycles. The zero-order valence-electron chi connectivity index (χ0n) is 15.2. The van der Waals surface area contributed by atoms with E-state index in [1.807, 2.05) is 17.0 Å². The van der Waals surface area contributed by atoms with E-state index in [0.29, 0.717) is 26.0 Å². The topological polar surface area (TPSA) is 55.6 Å². The molecule has 3 atom stereocenters. The molecule has 0 aromatic heterocycles. The third kappa shape index (κ3) is 2.60. The molecule has 27 heavy (non-hydrogen) atoms. The summed E-state index contributed by atoms with van der Waals surface area (Å²) in [6.07, 6.45) is 2.90. The average molecular weight is 366 g/mol. The van der Waals surface area contributed by atoms with Crippen LogP contribution in [0.4, 0.5) is 4.39 Å². The fraction of sp³-hybridized carbons (Fsp3) is 0.409. The van der Waals surface area contributed by atoms with Crippen molar-refractivity contribution in [2.75, 3.05) is 13.2 Å². The molecule has 1 saturated carbocycles. The molecule has 0 radical (unpaired) electrons. The number of fused-ring (bicyclic) bond motifs is 3. The SMILES string of the molecule is N[C@]12CC[C@](C(=O)N3CCc4ccccc4C3c3ccc(F)cc3)(C1)OC2. The van der Waals surface area contributed by atoms with Gasteiger partial charge in [0.05, 0.1) is 12.6 Å². The van der Waals surface area contributed by atoms with Crippen molar-refractivity contribution in [2.45, 2.75) is 42.9 Å². The van der Waals surface area contributed by atoms with Gasteiger partial charge in [-0.2, -0.15) is 0 Å². The first-order valence-electron chi connectivity index (χ1n) is 9.57. The number of ether oxygens (including phenoxy) is 1. The van der Waals surface area contributed by atoms with Gasteiger partial charge in [0, 0.05) is 18.5 Å². The van der Waals surface area contributed by atoms with E-state index in [2.05, 4.69) is 12.1 Å². The smallest absolute Gasteiger partial charge is 0.255 e. The summed E-state index contributed by atoms with van der Waals surface area (Å²) in [6, 6.07) is 14.4. The van der Waals surface area contributed by atoms with E-state index in [1.165, 1.54) is 17.7 Å². The van der Waals surface area contributed by atoms with Crippen molar-refractivity contribution < 1.29 is 13.9 Å². The zero-order valence-corrected chi connectivity index (χ0v) is 15.2. The van der Waals surface area contributed by atoms with Crippen molar-refractivity contribution in [1.29, 1.82) is 0 Å². The molecular formula is C22H23FN2O2. The maximum Gasteiger partial charge on any atom is 0.255 e. The van der Waals surface area contributed by atoms with Crippen LogP contribution in [-0.2, 0) is 16.0 Å². The Balaban J connectivity index is 1.57. The molecule has 1 amide bonds. The molecule has 2 aromatic rings. The Hall–Kier alpha value is -2.24. The third-order valence-electron chi connectivity index (χ3n) is 6.42. The summed E-state index contributed by atoms with van der Waals surface area (Å²) in [7, 11) is 0. The number of hydrogen-bond acceptors (Lipinski definition) is 3. The van der Waals surface area contributed by atoms with E-state index in [4.69, 9.17) is 10.5 Å². The lowest BCUT2D eigenvalue weighted by Crippen LogP contribution is -2.51. The van der Waals surface area contributed by atoms with Gasteiger partial charge >= 0.3 is 0 Å². The number of nitrogens with two attached hydrogens (primary N) is 1. The lowest BCUT2D eigenvalue weighted by molar-refractivity contribution is -0.156. The summed E-state index contributed by atoms with van der Waals surface area (Å²) < 4.78 is 19.5. The highest BCUT2D eigenvalue weighted by atomic mass is 19.1. The van der Waals surface area contributed by atoms with E-state index in [1.54, 1.807) is 12.1 Å². The number of rotatable bonds is 2. The molecular weight excluding hydrogens is 343 g/mol. The van der Waals surface area contributed by atoms with Crippen molar-refractivity contribution in [3.8, 4) is 0 Å². The molecule has 5 rings (SSSR count). The number of carbonyl (C=O) groups is 1. The molecule has 2 N–H and O–H groups in total. The van der Waals surface area contributed by atoms with Crippen LogP contribution in [-0.4, -0.2) is 35.1 Å². The second-order valence-corrected chi connectivity index (χ2v) is 8.22. The van der Waals surface area contributed by atoms with Gasteiger partial charge in [0.1, 0.15) is 11.4 Å². The van der Waals surface area contributed by atoms with Crippen LogP contribution in [0.1, 0.15) is 42.0 Å². The molecule has 4 nitrogen and oxygen atoms in total. The van der Waals surface area contributed by atoms with E-state index in [0.717, 1.165) is 24.0 Å². The van der Waals surface area contributed by atoms with E-state index < -0.39 is 5.60 Å². The second-order valence-electron chi connectivity index (χ2n) is 8.22. The Morgan fingerprint density at radius 3 is 2.59 bits per heavy atom. The lowest BCUT2D eigenvalue weighted by atomic mass is 9.86. The Bertz CT molecular complexity index is 887. The number of nitrogens with zero attached hydrogens (tertiary/aromatic N) is 1. The minimum atomic E-state index is -0.792. The summed E-state index contributed by atoms with van der Waals surface area (Å²) in [5, 5.41) is 0. The summed E-state index contributed by atoms with van der Waals surface area (Å²) in [5.41, 5.74) is 8.46. The summed E-state index contributed by atoms with van der Waals surface area (Å²) in [4.78, 5) is 15.6. The van der Waals surface area contributed by atoms with Gasteiger partial charge in [-0.1, -0.05) is 36.4 Å². The standard InChI is InChI=1S/C22H23FN2O2/c23-17-7-5-16(6-8-17)19-18-4-2-1-3-15(18)9-12-25(19)20(26)22-11-10-21(24,13-22)14-27-22/h1-8,19H,9-14,24H2/t19?,21-,22-/m1/s1. The predicted molar refractivity (Wildman–Crippen MR) is 99.6 cm³/mol. The van der Waals surface area contributed by atoms with Crippen LogP contribution in [0.2, 0.25) is 0 Å². The summed E-state index contributed by atoms with van der Waals surface area (Å²) >= 11 is 0. The molecule has 5 heteroatoms. The third-order valence-corrected chi connectivity index (χ3v) is 6.42. The molecule has 1 aliphatic carbocycles. The normalized spacial score (nSPS) is 31.8. The highest BCUT2D eigenvalue weighted by Gasteiger charge is 2.59. The van der Waals surface area contributed by atoms with Crippen LogP contribution in [0.15, 0.2) is 48.5 Å². The summed E-state index contributed by atoms with van der Waals surface area (Å²) in [6.45, 7) is 1.07. The summed E-state index contributed by atoms with van der Waals surface area (Å²) in [5.74, 6) is -0.252. The molecule has 2 bridgehead atoms. The van der Waals surface area contributed by atoms with E-state index in [9.17, 15) is 9.18 Å². The van der Waals surface area contributed by atoms with Crippen LogP contribution in [0, 0.1) is 5.82 Å². The highest BCUT2D eigenvalue weighted by molar-refractivity contribution is 5.87. The van der Waals surface area contributed by atoms with Gasteiger partial charge in [-0.3, -0.25) is 4.79 Å². The van der Waals surface area contributed by atoms with Crippen LogP contribution in [0.5, 0.6) is 0 Å². The van der Waals surface area contributed by atoms with Crippen LogP contribution in [0.3, 0.4) is 0 Å². The van der Waals surface area contributed by atoms with E-state index >= 15 is 0 Å². The minimum absolute atomic E-state index is 0.0242. The lowest BCUT2D eigenvalue weighted by Gasteiger charge is -2.41. The van der Waals surface area contributed by atoms with Gasteiger partial charge in [-0.05, 0) is 48.1 Å². The van der Waals surface area contributed by atoms with Crippen LogP contribution >= 0.6 is 0 Å². The predicted octanol–water partition coefficient (Wildman–Crippen LogP) is 2.95. The fourth-order valence-electron chi connectivity index (χ4n) is 5.02. The first kappa shape index (κ1) is 16.9. The first-order valence-corrected chi connectivity index (χ1v) is 9.57. The molecule has 1 saturated heterocycles. The molecule has 2 heterocycles. The quantitative estimate of drug-likeness (QED) is 0.889. The maximum absolute atomic E-state index is 13.7. The molecule has 140 valence electrons. The molecule has 3 aliphatic rings. The van der Waals surface area contributed by atoms with Gasteiger partial charge in [0.25, 0.3) is 5.91 Å². The Morgan fingerprint density at radius 2 is 1.93 bits per heavy atom. The van der Waals surface area contributed by atoms with Crippen LogP contribution in [0.25, 0.3) is 0 Å². The van der Waals surface area contributed by atoms with Gasteiger partial charge < -0.3 is 15.4 Å². The highest BCUT2D eigenvalue weighted by Crippen LogP contribution is 2.48. The Kier molecular flexibility index (Phi) is 3.68. The van der Waals surface area contributed by atoms with Gasteiger partial charge in [-0.25, -0.2) is 4.39 Å². The largest absolute Gasteiger partial charge is 0.363 e. The van der Waals surface area contributed by atoms with Crippen molar-refractivity contribution in [1.82, 2.24) is 4.90 Å². The minimum Gasteiger partial charge on any atom is -0.363 e. The zero-order chi connectivity index (χ0) is 18.6. The Labute approximate surface area is 158 Å². The van der Waals surface area contributed by atoms with Crippen molar-refractivity contribution in [3.05, 3.63) is 71.0 Å². The number of carbonyl (C=O) groups excluding carboxylic acids is 1. The number of benzene rings is 2. The van der Waals surface area contributed by atoms with Crippen LogP contribution < -0.4 is 5.73 Å². The number of halogens is 1. The van der Waals surface area contributed by atoms with Gasteiger partial charge in [0.2, 0.25) is 0 Å². The van der Waals surface area contributed by atoms with Crippen molar-refractivity contribution in [2.24, 2.45) is 5.73 Å². The monoisotopic (exact) mass is 366 g/mol. The maximum atomic E-state index is 13.7. The fourth-order valence-corrected chi connectivity index (χ4v) is 5.02. The van der Waals surface area contributed by atoms with Gasteiger partial charge in [0.15, 0.2) is 0 Å². The van der Waals surface area contributed by atoms with Gasteiger partial charge in [-0.15, -0.1) is 0 Å². The number of amides is 1. The second kappa shape index (κ2) is 5.88. The molecule has 2 fully saturated rings. The molecule has 2 aromatic carbocycles. The number of hydrogen-bond donors (Lipinski definition) is 1.